The van der Waals surface area contributed by atoms with Crippen molar-refractivity contribution < 1.29 is 9.90 Å². The number of H-pyrrole nitrogens is 1. The zero-order valence-corrected chi connectivity index (χ0v) is 10.3. The number of nitrogens with zero attached hydrogens (tertiary/aromatic N) is 1. The fraction of sp³-hybridized carbons (Fsp3) is 0.385. The number of benzene rings is 1. The normalized spacial score (nSPS) is 12.6. The third-order valence-corrected chi connectivity index (χ3v) is 2.84. The number of fused-ring (bicyclic) bond motifs is 1. The minimum absolute atomic E-state index is 0.194. The molecule has 5 heteroatoms. The summed E-state index contributed by atoms with van der Waals surface area (Å²) in [5.74, 6) is -0.194. The third-order valence-electron chi connectivity index (χ3n) is 2.84. The maximum atomic E-state index is 12.0. The number of aromatic nitrogens is 2. The van der Waals surface area contributed by atoms with Gasteiger partial charge in [-0.2, -0.15) is 5.10 Å². The molecule has 3 N–H and O–H groups in total. The minimum atomic E-state index is -0.486. The molecule has 0 saturated heterocycles. The number of carbonyl (C=O) groups is 1. The monoisotopic (exact) mass is 247 g/mol. The Labute approximate surface area is 105 Å². The topological polar surface area (TPSA) is 78.0 Å². The molecule has 5 nitrogen and oxygen atoms in total. The first-order chi connectivity index (χ1) is 8.72. The second-order valence-electron chi connectivity index (χ2n) is 4.29. The summed E-state index contributed by atoms with van der Waals surface area (Å²) < 4.78 is 0. The van der Waals surface area contributed by atoms with Crippen molar-refractivity contribution in [1.29, 1.82) is 0 Å². The minimum Gasteiger partial charge on any atom is -0.391 e. The van der Waals surface area contributed by atoms with Gasteiger partial charge in [-0.25, -0.2) is 0 Å². The molecule has 2 aromatic rings. The van der Waals surface area contributed by atoms with Crippen LogP contribution in [0.2, 0.25) is 0 Å². The zero-order chi connectivity index (χ0) is 13.0. The second-order valence-corrected chi connectivity index (χ2v) is 4.29. The number of nitrogens with one attached hydrogen (secondary N) is 2. The van der Waals surface area contributed by atoms with Gasteiger partial charge in [0.05, 0.1) is 23.4 Å². The molecule has 1 heterocycles. The number of para-hydroxylation sites is 1. The third kappa shape index (κ3) is 2.68. The molecule has 0 aliphatic rings. The van der Waals surface area contributed by atoms with E-state index in [0.29, 0.717) is 12.0 Å². The Hall–Kier alpha value is -1.88. The van der Waals surface area contributed by atoms with Gasteiger partial charge < -0.3 is 10.4 Å². The Morgan fingerprint density at radius 2 is 2.39 bits per heavy atom. The Bertz CT molecular complexity index is 536. The van der Waals surface area contributed by atoms with Crippen LogP contribution in [0.3, 0.4) is 0 Å². The van der Waals surface area contributed by atoms with E-state index in [2.05, 4.69) is 15.5 Å². The Morgan fingerprint density at radius 3 is 3.17 bits per heavy atom. The predicted octanol–water partition coefficient (Wildman–Crippen LogP) is 1.45. The quantitative estimate of drug-likeness (QED) is 0.748. The first-order valence-electron chi connectivity index (χ1n) is 6.10. The summed E-state index contributed by atoms with van der Waals surface area (Å²) in [5.41, 5.74) is 1.27. The zero-order valence-electron chi connectivity index (χ0n) is 10.3. The molecular formula is C13H17N3O2. The fourth-order valence-electron chi connectivity index (χ4n) is 1.90. The summed E-state index contributed by atoms with van der Waals surface area (Å²) in [6.45, 7) is 2.27. The van der Waals surface area contributed by atoms with Gasteiger partial charge in [0.1, 0.15) is 0 Å². The maximum absolute atomic E-state index is 12.0. The van der Waals surface area contributed by atoms with E-state index in [1.165, 1.54) is 0 Å². The highest BCUT2D eigenvalue weighted by Gasteiger charge is 2.12. The maximum Gasteiger partial charge on any atom is 0.253 e. The summed E-state index contributed by atoms with van der Waals surface area (Å²) in [5, 5.41) is 19.9. The van der Waals surface area contributed by atoms with E-state index in [-0.39, 0.29) is 12.5 Å². The van der Waals surface area contributed by atoms with Crippen molar-refractivity contribution in [2.75, 3.05) is 6.54 Å². The van der Waals surface area contributed by atoms with Crippen LogP contribution < -0.4 is 5.32 Å². The van der Waals surface area contributed by atoms with Crippen molar-refractivity contribution in [2.45, 2.75) is 25.9 Å². The standard InChI is InChI=1S/C13H17N3O2/c1-2-4-10(17)8-14-13(18)11-6-3-5-9-7-15-16-12(9)11/h3,5-7,10,17H,2,4,8H2,1H3,(H,14,18)(H,15,16). The molecule has 0 saturated carbocycles. The van der Waals surface area contributed by atoms with E-state index in [1.54, 1.807) is 12.3 Å². The number of carbonyl (C=O) groups excluding carboxylic acids is 1. The summed E-state index contributed by atoms with van der Waals surface area (Å²) in [6.07, 6.45) is 2.78. The SMILES string of the molecule is CCCC(O)CNC(=O)c1cccc2cn[nH]c12. The number of aliphatic hydroxyl groups is 1. The van der Waals surface area contributed by atoms with Gasteiger partial charge in [0, 0.05) is 11.9 Å². The smallest absolute Gasteiger partial charge is 0.253 e. The molecule has 96 valence electrons. The highest BCUT2D eigenvalue weighted by Crippen LogP contribution is 2.15. The number of hydrogen-bond donors (Lipinski definition) is 3. The molecule has 1 unspecified atom stereocenters. The van der Waals surface area contributed by atoms with E-state index in [1.807, 2.05) is 19.1 Å². The van der Waals surface area contributed by atoms with Crippen LogP contribution >= 0.6 is 0 Å². The van der Waals surface area contributed by atoms with E-state index >= 15 is 0 Å². The summed E-state index contributed by atoms with van der Waals surface area (Å²) >= 11 is 0. The van der Waals surface area contributed by atoms with E-state index < -0.39 is 6.10 Å². The molecule has 18 heavy (non-hydrogen) atoms. The average molecular weight is 247 g/mol. The predicted molar refractivity (Wildman–Crippen MR) is 69.3 cm³/mol. The van der Waals surface area contributed by atoms with Crippen LogP contribution in [0.4, 0.5) is 0 Å². The van der Waals surface area contributed by atoms with Crippen LogP contribution in [-0.4, -0.2) is 33.9 Å². The molecule has 2 rings (SSSR count). The Morgan fingerprint density at radius 1 is 1.56 bits per heavy atom. The Kier molecular flexibility index (Phi) is 3.94. The van der Waals surface area contributed by atoms with Crippen LogP contribution in [0.1, 0.15) is 30.1 Å². The lowest BCUT2D eigenvalue weighted by Crippen LogP contribution is -2.32. The number of rotatable bonds is 5. The largest absolute Gasteiger partial charge is 0.391 e. The molecule has 0 spiro atoms. The lowest BCUT2D eigenvalue weighted by Gasteiger charge is -2.10. The highest BCUT2D eigenvalue weighted by atomic mass is 16.3. The molecular weight excluding hydrogens is 230 g/mol. The Balaban J connectivity index is 2.07. The van der Waals surface area contributed by atoms with Gasteiger partial charge in [-0.1, -0.05) is 25.5 Å². The van der Waals surface area contributed by atoms with Crippen molar-refractivity contribution in [1.82, 2.24) is 15.5 Å². The van der Waals surface area contributed by atoms with Crippen LogP contribution in [0.5, 0.6) is 0 Å². The number of aromatic amines is 1. The first-order valence-corrected chi connectivity index (χ1v) is 6.10. The summed E-state index contributed by atoms with van der Waals surface area (Å²) in [4.78, 5) is 12.0. The molecule has 1 aromatic heterocycles. The molecule has 0 radical (unpaired) electrons. The van der Waals surface area contributed by atoms with Gasteiger partial charge in [0.25, 0.3) is 5.91 Å². The number of hydrogen-bond acceptors (Lipinski definition) is 3. The van der Waals surface area contributed by atoms with Gasteiger partial charge in [-0.05, 0) is 12.5 Å². The molecule has 1 atom stereocenters. The van der Waals surface area contributed by atoms with Gasteiger partial charge in [0.15, 0.2) is 0 Å². The summed E-state index contributed by atoms with van der Waals surface area (Å²) in [7, 11) is 0. The first kappa shape index (κ1) is 12.6. The fourth-order valence-corrected chi connectivity index (χ4v) is 1.90. The van der Waals surface area contributed by atoms with Gasteiger partial charge in [-0.3, -0.25) is 9.89 Å². The van der Waals surface area contributed by atoms with Crippen molar-refractivity contribution >= 4 is 16.8 Å². The highest BCUT2D eigenvalue weighted by molar-refractivity contribution is 6.05. The van der Waals surface area contributed by atoms with E-state index in [0.717, 1.165) is 17.3 Å². The molecule has 1 amide bonds. The van der Waals surface area contributed by atoms with Crippen molar-refractivity contribution in [3.05, 3.63) is 30.0 Å². The molecule has 0 aliphatic heterocycles. The molecule has 0 aliphatic carbocycles. The average Bonchev–Trinajstić information content (AvgIpc) is 2.84. The van der Waals surface area contributed by atoms with E-state index in [9.17, 15) is 9.90 Å². The van der Waals surface area contributed by atoms with Crippen LogP contribution in [0, 0.1) is 0 Å². The van der Waals surface area contributed by atoms with Gasteiger partial charge in [0.2, 0.25) is 0 Å². The van der Waals surface area contributed by atoms with Gasteiger partial charge in [-0.15, -0.1) is 0 Å². The van der Waals surface area contributed by atoms with Crippen molar-refractivity contribution in [3.8, 4) is 0 Å². The molecule has 0 bridgehead atoms. The van der Waals surface area contributed by atoms with Crippen LogP contribution in [-0.2, 0) is 0 Å². The molecule has 1 aromatic carbocycles. The van der Waals surface area contributed by atoms with Crippen LogP contribution in [0.15, 0.2) is 24.4 Å². The summed E-state index contributed by atoms with van der Waals surface area (Å²) in [6, 6.07) is 5.44. The van der Waals surface area contributed by atoms with Crippen LogP contribution in [0.25, 0.3) is 10.9 Å². The number of amides is 1. The van der Waals surface area contributed by atoms with Gasteiger partial charge >= 0.3 is 0 Å². The van der Waals surface area contributed by atoms with Crippen molar-refractivity contribution in [2.24, 2.45) is 0 Å². The van der Waals surface area contributed by atoms with Crippen molar-refractivity contribution in [3.63, 3.8) is 0 Å². The number of aliphatic hydroxyl groups excluding tert-OH is 1. The molecule has 0 fully saturated rings. The lowest BCUT2D eigenvalue weighted by atomic mass is 10.1. The lowest BCUT2D eigenvalue weighted by molar-refractivity contribution is 0.0911. The van der Waals surface area contributed by atoms with E-state index in [4.69, 9.17) is 0 Å². The second kappa shape index (κ2) is 5.64.